The predicted octanol–water partition coefficient (Wildman–Crippen LogP) is 5.40. The maximum atomic E-state index is 12.6. The fraction of sp³-hybridized carbons (Fsp3) is 0.231. The summed E-state index contributed by atoms with van der Waals surface area (Å²) in [7, 11) is 0. The average molecular weight is 440 g/mol. The smallest absolute Gasteiger partial charge is 0.257 e. The number of H-pyrrole nitrogens is 1. The van der Waals surface area contributed by atoms with E-state index in [0.29, 0.717) is 11.3 Å². The fourth-order valence-electron chi connectivity index (χ4n) is 4.24. The molecule has 3 N–H and O–H groups in total. The second-order valence-electron chi connectivity index (χ2n) is 8.41. The molecule has 0 bridgehead atoms. The lowest BCUT2D eigenvalue weighted by Crippen LogP contribution is -2.24. The Bertz CT molecular complexity index is 1280. The van der Waals surface area contributed by atoms with Gasteiger partial charge in [-0.2, -0.15) is 0 Å². The topological polar surface area (TPSA) is 99.8 Å². The zero-order chi connectivity index (χ0) is 22.6. The highest BCUT2D eigenvalue weighted by Gasteiger charge is 2.21. The van der Waals surface area contributed by atoms with Crippen molar-refractivity contribution in [2.45, 2.75) is 32.1 Å². The lowest BCUT2D eigenvalue weighted by molar-refractivity contribution is -0.120. The summed E-state index contributed by atoms with van der Waals surface area (Å²) >= 11 is 0. The molecular formula is C26H25N5O2. The van der Waals surface area contributed by atoms with Crippen LogP contribution in [-0.4, -0.2) is 26.8 Å². The Labute approximate surface area is 191 Å². The summed E-state index contributed by atoms with van der Waals surface area (Å²) in [4.78, 5) is 36.8. The number of carbonyl (C=O) groups is 2. The number of carbonyl (C=O) groups excluding carboxylic acids is 2. The number of hydrogen-bond donors (Lipinski definition) is 3. The molecule has 0 saturated heterocycles. The van der Waals surface area contributed by atoms with E-state index >= 15 is 0 Å². The monoisotopic (exact) mass is 439 g/mol. The number of rotatable bonds is 5. The Morgan fingerprint density at radius 2 is 1.70 bits per heavy atom. The number of fused-ring (bicyclic) bond motifs is 1. The minimum Gasteiger partial charge on any atom is -0.338 e. The SMILES string of the molecule is O=C(Nc1ccc(-c2nc3ccc(NC(=O)C4CCCCC4)cc3[nH]2)cc1)c1cccnc1. The van der Waals surface area contributed by atoms with Crippen LogP contribution < -0.4 is 10.6 Å². The van der Waals surface area contributed by atoms with Crippen molar-refractivity contribution in [3.05, 3.63) is 72.6 Å². The Balaban J connectivity index is 1.28. The molecule has 1 fully saturated rings. The van der Waals surface area contributed by atoms with Gasteiger partial charge in [-0.25, -0.2) is 4.98 Å². The van der Waals surface area contributed by atoms with E-state index in [1.165, 1.54) is 12.6 Å². The van der Waals surface area contributed by atoms with E-state index in [2.05, 4.69) is 25.6 Å². The highest BCUT2D eigenvalue weighted by Crippen LogP contribution is 2.27. The van der Waals surface area contributed by atoms with Crippen LogP contribution in [0.2, 0.25) is 0 Å². The Morgan fingerprint density at radius 3 is 2.45 bits per heavy atom. The van der Waals surface area contributed by atoms with E-state index in [9.17, 15) is 9.59 Å². The van der Waals surface area contributed by atoms with Crippen molar-refractivity contribution in [3.8, 4) is 11.4 Å². The van der Waals surface area contributed by atoms with Gasteiger partial charge in [-0.1, -0.05) is 19.3 Å². The van der Waals surface area contributed by atoms with Gasteiger partial charge in [0.25, 0.3) is 5.91 Å². The van der Waals surface area contributed by atoms with Gasteiger partial charge in [0, 0.05) is 35.2 Å². The summed E-state index contributed by atoms with van der Waals surface area (Å²) in [6.07, 6.45) is 8.60. The van der Waals surface area contributed by atoms with E-state index in [0.717, 1.165) is 53.8 Å². The number of pyridine rings is 1. The molecule has 0 unspecified atom stereocenters. The minimum atomic E-state index is -0.206. The number of anilines is 2. The third-order valence-electron chi connectivity index (χ3n) is 6.07. The number of aromatic amines is 1. The van der Waals surface area contributed by atoms with Gasteiger partial charge in [0.05, 0.1) is 16.6 Å². The normalized spacial score (nSPS) is 14.2. The van der Waals surface area contributed by atoms with Gasteiger partial charge in [-0.05, 0) is 67.4 Å². The summed E-state index contributed by atoms with van der Waals surface area (Å²) in [5.41, 5.74) is 4.57. The molecule has 2 aromatic carbocycles. The largest absolute Gasteiger partial charge is 0.338 e. The van der Waals surface area contributed by atoms with Crippen LogP contribution in [0.4, 0.5) is 11.4 Å². The van der Waals surface area contributed by atoms with Crippen LogP contribution in [0.15, 0.2) is 67.0 Å². The Hall–Kier alpha value is -4.00. The van der Waals surface area contributed by atoms with E-state index < -0.39 is 0 Å². The molecule has 2 heterocycles. The van der Waals surface area contributed by atoms with Crippen molar-refractivity contribution >= 4 is 34.2 Å². The number of aromatic nitrogens is 3. The number of hydrogen-bond acceptors (Lipinski definition) is 4. The second-order valence-corrected chi connectivity index (χ2v) is 8.41. The average Bonchev–Trinajstić information content (AvgIpc) is 3.29. The van der Waals surface area contributed by atoms with Crippen LogP contribution in [0.1, 0.15) is 42.5 Å². The summed E-state index contributed by atoms with van der Waals surface area (Å²) in [6.45, 7) is 0. The van der Waals surface area contributed by atoms with Gasteiger partial charge >= 0.3 is 0 Å². The molecule has 7 nitrogen and oxygen atoms in total. The predicted molar refractivity (Wildman–Crippen MR) is 129 cm³/mol. The van der Waals surface area contributed by atoms with Crippen LogP contribution in [0.3, 0.4) is 0 Å². The maximum absolute atomic E-state index is 12.6. The molecule has 4 aromatic rings. The zero-order valence-corrected chi connectivity index (χ0v) is 18.2. The molecule has 5 rings (SSSR count). The van der Waals surface area contributed by atoms with Crippen molar-refractivity contribution in [1.29, 1.82) is 0 Å². The minimum absolute atomic E-state index is 0.109. The first-order chi connectivity index (χ1) is 16.2. The van der Waals surface area contributed by atoms with Gasteiger partial charge in [0.2, 0.25) is 5.91 Å². The molecule has 1 aliphatic rings. The van der Waals surface area contributed by atoms with Gasteiger partial charge < -0.3 is 15.6 Å². The van der Waals surface area contributed by atoms with Crippen LogP contribution >= 0.6 is 0 Å². The van der Waals surface area contributed by atoms with Gasteiger partial charge in [0.1, 0.15) is 5.82 Å². The van der Waals surface area contributed by atoms with Crippen LogP contribution in [0, 0.1) is 5.92 Å². The highest BCUT2D eigenvalue weighted by atomic mass is 16.2. The number of benzene rings is 2. The van der Waals surface area contributed by atoms with E-state index in [-0.39, 0.29) is 17.7 Å². The second kappa shape index (κ2) is 9.24. The summed E-state index contributed by atoms with van der Waals surface area (Å²) in [5, 5.41) is 5.93. The van der Waals surface area contributed by atoms with Crippen molar-refractivity contribution in [2.75, 3.05) is 10.6 Å². The summed E-state index contributed by atoms with van der Waals surface area (Å²) < 4.78 is 0. The van der Waals surface area contributed by atoms with Crippen molar-refractivity contribution in [3.63, 3.8) is 0 Å². The molecule has 33 heavy (non-hydrogen) atoms. The standard InChI is InChI=1S/C26H25N5O2/c32-25(18-5-2-1-3-6-18)29-21-12-13-22-23(15-21)31-24(30-22)17-8-10-20(11-9-17)28-26(33)19-7-4-14-27-16-19/h4,7-16,18H,1-3,5-6H2,(H,28,33)(H,29,32)(H,30,31). The van der Waals surface area contributed by atoms with Gasteiger partial charge in [-0.15, -0.1) is 0 Å². The molecule has 0 atom stereocenters. The molecule has 166 valence electrons. The van der Waals surface area contributed by atoms with Crippen LogP contribution in [-0.2, 0) is 4.79 Å². The fourth-order valence-corrected chi connectivity index (χ4v) is 4.24. The maximum Gasteiger partial charge on any atom is 0.257 e. The Kier molecular flexibility index (Phi) is 5.85. The first-order valence-corrected chi connectivity index (χ1v) is 11.3. The summed E-state index contributed by atoms with van der Waals surface area (Å²) in [5.74, 6) is 0.745. The van der Waals surface area contributed by atoms with Gasteiger partial charge in [-0.3, -0.25) is 14.6 Å². The molecule has 0 aliphatic heterocycles. The highest BCUT2D eigenvalue weighted by molar-refractivity contribution is 6.04. The first kappa shape index (κ1) is 20.9. The van der Waals surface area contributed by atoms with E-state index in [4.69, 9.17) is 0 Å². The number of nitrogens with zero attached hydrogens (tertiary/aromatic N) is 2. The van der Waals surface area contributed by atoms with Gasteiger partial charge in [0.15, 0.2) is 0 Å². The van der Waals surface area contributed by atoms with Crippen LogP contribution in [0.5, 0.6) is 0 Å². The third kappa shape index (κ3) is 4.77. The molecule has 1 saturated carbocycles. The number of amides is 2. The third-order valence-corrected chi connectivity index (χ3v) is 6.07. The molecule has 0 spiro atoms. The van der Waals surface area contributed by atoms with Crippen molar-refractivity contribution in [2.24, 2.45) is 5.92 Å². The molecule has 7 heteroatoms. The van der Waals surface area contributed by atoms with E-state index in [1.54, 1.807) is 18.3 Å². The molecule has 1 aliphatic carbocycles. The molecule has 2 aromatic heterocycles. The number of imidazole rings is 1. The molecular weight excluding hydrogens is 414 g/mol. The lowest BCUT2D eigenvalue weighted by atomic mass is 9.88. The quantitative estimate of drug-likeness (QED) is 0.388. The lowest BCUT2D eigenvalue weighted by Gasteiger charge is -2.20. The Morgan fingerprint density at radius 1 is 0.909 bits per heavy atom. The first-order valence-electron chi connectivity index (χ1n) is 11.3. The zero-order valence-electron chi connectivity index (χ0n) is 18.2. The van der Waals surface area contributed by atoms with Crippen molar-refractivity contribution in [1.82, 2.24) is 15.0 Å². The number of nitrogens with one attached hydrogen (secondary N) is 3. The van der Waals surface area contributed by atoms with E-state index in [1.807, 2.05) is 42.5 Å². The van der Waals surface area contributed by atoms with Crippen molar-refractivity contribution < 1.29 is 9.59 Å². The molecule has 2 amide bonds. The van der Waals surface area contributed by atoms with Crippen LogP contribution in [0.25, 0.3) is 22.4 Å². The molecule has 0 radical (unpaired) electrons. The summed E-state index contributed by atoms with van der Waals surface area (Å²) in [6, 6.07) is 16.7.